The molecule has 0 aliphatic heterocycles. The highest BCUT2D eigenvalue weighted by molar-refractivity contribution is 6.19. The van der Waals surface area contributed by atoms with Gasteiger partial charge < -0.3 is 5.11 Å². The van der Waals surface area contributed by atoms with Crippen molar-refractivity contribution in [3.05, 3.63) is 0 Å². The van der Waals surface area contributed by atoms with Gasteiger partial charge >= 0.3 is 0 Å². The largest absolute Gasteiger partial charge is 0.384 e. The number of halogens is 1. The van der Waals surface area contributed by atoms with Crippen LogP contribution in [0.15, 0.2) is 0 Å². The molecule has 0 aromatic rings. The summed E-state index contributed by atoms with van der Waals surface area (Å²) < 4.78 is 0. The summed E-state index contributed by atoms with van der Waals surface area (Å²) in [6.07, 6.45) is 7.83. The van der Waals surface area contributed by atoms with E-state index in [1.54, 1.807) is 0 Å². The van der Waals surface area contributed by atoms with Crippen LogP contribution in [0.25, 0.3) is 0 Å². The summed E-state index contributed by atoms with van der Waals surface area (Å²) >= 11 is 5.37. The molecule has 0 spiro atoms. The SMILES string of the molecule is CCCCCCCCCC(=O)C(O)CCl. The third-order valence-corrected chi connectivity index (χ3v) is 2.84. The maximum absolute atomic E-state index is 11.2. The fourth-order valence-corrected chi connectivity index (χ4v) is 1.68. The van der Waals surface area contributed by atoms with Gasteiger partial charge in [-0.15, -0.1) is 11.6 Å². The van der Waals surface area contributed by atoms with Gasteiger partial charge in [-0.3, -0.25) is 4.79 Å². The van der Waals surface area contributed by atoms with E-state index in [9.17, 15) is 4.79 Å². The predicted octanol–water partition coefficient (Wildman–Crippen LogP) is 3.30. The van der Waals surface area contributed by atoms with Crippen LogP contribution in [-0.4, -0.2) is 22.9 Å². The molecule has 0 aromatic heterocycles. The normalized spacial score (nSPS) is 12.7. The maximum atomic E-state index is 11.2. The number of Topliss-reactive ketones (excluding diaryl/α,β-unsaturated/α-hetero) is 1. The van der Waals surface area contributed by atoms with Crippen molar-refractivity contribution in [2.45, 2.75) is 64.4 Å². The fraction of sp³-hybridized carbons (Fsp3) is 0.917. The second kappa shape index (κ2) is 10.4. The van der Waals surface area contributed by atoms with Crippen molar-refractivity contribution >= 4 is 17.4 Å². The molecule has 15 heavy (non-hydrogen) atoms. The van der Waals surface area contributed by atoms with Crippen molar-refractivity contribution < 1.29 is 9.90 Å². The third-order valence-electron chi connectivity index (χ3n) is 2.54. The van der Waals surface area contributed by atoms with Crippen LogP contribution in [0.5, 0.6) is 0 Å². The van der Waals surface area contributed by atoms with E-state index < -0.39 is 6.10 Å². The van der Waals surface area contributed by atoms with Gasteiger partial charge in [0.05, 0.1) is 5.88 Å². The van der Waals surface area contributed by atoms with Crippen LogP contribution in [0, 0.1) is 0 Å². The van der Waals surface area contributed by atoms with Crippen molar-refractivity contribution in [3.63, 3.8) is 0 Å². The number of carbonyl (C=O) groups excluding carboxylic acids is 1. The van der Waals surface area contributed by atoms with Crippen molar-refractivity contribution in [3.8, 4) is 0 Å². The van der Waals surface area contributed by atoms with Crippen molar-refractivity contribution in [1.82, 2.24) is 0 Å². The van der Waals surface area contributed by atoms with Gasteiger partial charge in [-0.25, -0.2) is 0 Å². The van der Waals surface area contributed by atoms with Crippen molar-refractivity contribution in [2.75, 3.05) is 5.88 Å². The van der Waals surface area contributed by atoms with E-state index in [-0.39, 0.29) is 11.7 Å². The first-order chi connectivity index (χ1) is 7.22. The summed E-state index contributed by atoms with van der Waals surface area (Å²) in [4.78, 5) is 11.2. The first kappa shape index (κ1) is 14.9. The number of alkyl halides is 1. The maximum Gasteiger partial charge on any atom is 0.162 e. The average molecular weight is 235 g/mol. The Morgan fingerprint density at radius 1 is 1.13 bits per heavy atom. The smallest absolute Gasteiger partial charge is 0.162 e. The molecule has 0 saturated carbocycles. The number of hydrogen-bond acceptors (Lipinski definition) is 2. The number of ketones is 1. The summed E-state index contributed by atoms with van der Waals surface area (Å²) in [5.41, 5.74) is 0. The highest BCUT2D eigenvalue weighted by Crippen LogP contribution is 2.09. The first-order valence-corrected chi connectivity index (χ1v) is 6.52. The van der Waals surface area contributed by atoms with Crippen LogP contribution in [0.2, 0.25) is 0 Å². The van der Waals surface area contributed by atoms with E-state index in [0.717, 1.165) is 12.8 Å². The van der Waals surface area contributed by atoms with E-state index in [4.69, 9.17) is 16.7 Å². The number of hydrogen-bond donors (Lipinski definition) is 1. The molecule has 0 fully saturated rings. The van der Waals surface area contributed by atoms with E-state index in [2.05, 4.69) is 6.92 Å². The molecule has 0 aliphatic carbocycles. The number of aliphatic hydroxyl groups excluding tert-OH is 1. The van der Waals surface area contributed by atoms with Gasteiger partial charge in [-0.2, -0.15) is 0 Å². The Morgan fingerprint density at radius 2 is 1.67 bits per heavy atom. The van der Waals surface area contributed by atoms with E-state index in [1.807, 2.05) is 0 Å². The molecule has 0 saturated heterocycles. The Balaban J connectivity index is 3.20. The van der Waals surface area contributed by atoms with Crippen LogP contribution < -0.4 is 0 Å². The van der Waals surface area contributed by atoms with Crippen molar-refractivity contribution in [2.24, 2.45) is 0 Å². The molecule has 0 rings (SSSR count). The molecule has 0 aromatic carbocycles. The molecule has 0 bridgehead atoms. The van der Waals surface area contributed by atoms with E-state index in [1.165, 1.54) is 32.1 Å². The van der Waals surface area contributed by atoms with Gasteiger partial charge in [0.1, 0.15) is 6.10 Å². The Morgan fingerprint density at radius 3 is 2.20 bits per heavy atom. The highest BCUT2D eigenvalue weighted by atomic mass is 35.5. The lowest BCUT2D eigenvalue weighted by molar-refractivity contribution is -0.126. The van der Waals surface area contributed by atoms with Gasteiger partial charge in [0.25, 0.3) is 0 Å². The molecule has 1 unspecified atom stereocenters. The first-order valence-electron chi connectivity index (χ1n) is 5.99. The minimum Gasteiger partial charge on any atom is -0.384 e. The number of carbonyl (C=O) groups is 1. The molecule has 0 heterocycles. The van der Waals surface area contributed by atoms with Crippen LogP contribution in [0.4, 0.5) is 0 Å². The van der Waals surface area contributed by atoms with Crippen molar-refractivity contribution in [1.29, 1.82) is 0 Å². The zero-order valence-corrected chi connectivity index (χ0v) is 10.4. The molecule has 2 nitrogen and oxygen atoms in total. The Hall–Kier alpha value is -0.0800. The number of unbranched alkanes of at least 4 members (excludes halogenated alkanes) is 6. The zero-order chi connectivity index (χ0) is 11.5. The predicted molar refractivity (Wildman–Crippen MR) is 64.3 cm³/mol. The Bertz CT molecular complexity index is 160. The van der Waals surface area contributed by atoms with Gasteiger partial charge in [0.15, 0.2) is 5.78 Å². The minimum absolute atomic E-state index is 0.0231. The average Bonchev–Trinajstić information content (AvgIpc) is 2.26. The van der Waals surface area contributed by atoms with Gasteiger partial charge in [0.2, 0.25) is 0 Å². The second-order valence-corrected chi connectivity index (χ2v) is 4.32. The third kappa shape index (κ3) is 8.88. The van der Waals surface area contributed by atoms with E-state index >= 15 is 0 Å². The monoisotopic (exact) mass is 234 g/mol. The summed E-state index contributed by atoms with van der Waals surface area (Å²) in [6, 6.07) is 0. The van der Waals surface area contributed by atoms with Gasteiger partial charge in [-0.1, -0.05) is 45.4 Å². The minimum atomic E-state index is -0.952. The fourth-order valence-electron chi connectivity index (χ4n) is 1.51. The molecule has 3 heteroatoms. The molecule has 0 aliphatic rings. The lowest BCUT2D eigenvalue weighted by Crippen LogP contribution is -2.21. The molecular weight excluding hydrogens is 212 g/mol. The number of rotatable bonds is 10. The summed E-state index contributed by atoms with van der Waals surface area (Å²) in [5, 5.41) is 9.12. The Labute approximate surface area is 98.0 Å². The van der Waals surface area contributed by atoms with Gasteiger partial charge in [0, 0.05) is 6.42 Å². The lowest BCUT2D eigenvalue weighted by Gasteiger charge is -2.05. The van der Waals surface area contributed by atoms with E-state index in [0.29, 0.717) is 6.42 Å². The molecule has 1 atom stereocenters. The molecular formula is C12H23ClO2. The quantitative estimate of drug-likeness (QED) is 0.465. The second-order valence-electron chi connectivity index (χ2n) is 4.01. The van der Waals surface area contributed by atoms with Crippen LogP contribution in [0.3, 0.4) is 0 Å². The van der Waals surface area contributed by atoms with Crippen LogP contribution in [-0.2, 0) is 4.79 Å². The standard InChI is InChI=1S/C12H23ClO2/c1-2-3-4-5-6-7-8-9-11(14)12(15)10-13/h12,15H,2-10H2,1H3. The Kier molecular flexibility index (Phi) is 10.4. The molecule has 1 N–H and O–H groups in total. The molecule has 0 amide bonds. The summed E-state index contributed by atoms with van der Waals surface area (Å²) in [7, 11) is 0. The lowest BCUT2D eigenvalue weighted by atomic mass is 10.1. The summed E-state index contributed by atoms with van der Waals surface area (Å²) in [5.74, 6) is -0.0893. The molecule has 90 valence electrons. The topological polar surface area (TPSA) is 37.3 Å². The molecule has 0 radical (unpaired) electrons. The van der Waals surface area contributed by atoms with Crippen LogP contribution in [0.1, 0.15) is 58.3 Å². The van der Waals surface area contributed by atoms with Gasteiger partial charge in [-0.05, 0) is 6.42 Å². The summed E-state index contributed by atoms with van der Waals surface area (Å²) in [6.45, 7) is 2.20. The highest BCUT2D eigenvalue weighted by Gasteiger charge is 2.12. The zero-order valence-electron chi connectivity index (χ0n) is 9.67. The van der Waals surface area contributed by atoms with Crippen LogP contribution >= 0.6 is 11.6 Å². The number of aliphatic hydroxyl groups is 1.